The Hall–Kier alpha value is -1.96. The van der Waals surface area contributed by atoms with Crippen molar-refractivity contribution in [2.75, 3.05) is 19.6 Å². The number of aromatic nitrogens is 1. The van der Waals surface area contributed by atoms with Crippen LogP contribution < -0.4 is 4.74 Å². The van der Waals surface area contributed by atoms with E-state index in [0.717, 1.165) is 44.0 Å². The zero-order valence-corrected chi connectivity index (χ0v) is 17.3. The van der Waals surface area contributed by atoms with Gasteiger partial charge in [0, 0.05) is 32.0 Å². The average Bonchev–Trinajstić information content (AvgIpc) is 3.56. The number of hydrogen-bond acceptors (Lipinski definition) is 5. The first kappa shape index (κ1) is 19.0. The number of rotatable bonds is 4. The molecule has 0 bridgehead atoms. The van der Waals surface area contributed by atoms with Gasteiger partial charge in [-0.3, -0.25) is 4.98 Å². The molecule has 0 N–H and O–H groups in total. The van der Waals surface area contributed by atoms with Crippen molar-refractivity contribution in [3.63, 3.8) is 0 Å². The number of pyridine rings is 1. The van der Waals surface area contributed by atoms with E-state index in [4.69, 9.17) is 4.74 Å². The number of nitrogens with zero attached hydrogens (tertiary/aromatic N) is 3. The van der Waals surface area contributed by atoms with Crippen LogP contribution in [0, 0.1) is 5.92 Å². The van der Waals surface area contributed by atoms with Crippen molar-refractivity contribution in [1.82, 2.24) is 14.2 Å². The first-order valence-electron chi connectivity index (χ1n) is 10.5. The monoisotopic (exact) mass is 413 g/mol. The van der Waals surface area contributed by atoms with Gasteiger partial charge in [-0.05, 0) is 61.9 Å². The van der Waals surface area contributed by atoms with Gasteiger partial charge in [-0.1, -0.05) is 18.2 Å². The molecule has 0 amide bonds. The molecule has 7 heteroatoms. The highest BCUT2D eigenvalue weighted by Gasteiger charge is 2.43. The predicted octanol–water partition coefficient (Wildman–Crippen LogP) is 2.91. The molecule has 0 spiro atoms. The third-order valence-electron chi connectivity index (χ3n) is 6.26. The van der Waals surface area contributed by atoms with Crippen molar-refractivity contribution < 1.29 is 13.2 Å². The van der Waals surface area contributed by atoms with Crippen LogP contribution in [0.1, 0.15) is 31.2 Å². The molecule has 29 heavy (non-hydrogen) atoms. The lowest BCUT2D eigenvalue weighted by Gasteiger charge is -2.31. The number of benzene rings is 1. The van der Waals surface area contributed by atoms with Crippen LogP contribution in [-0.4, -0.2) is 54.4 Å². The van der Waals surface area contributed by atoms with E-state index in [1.54, 1.807) is 34.9 Å². The molecule has 1 saturated heterocycles. The topological polar surface area (TPSA) is 62.7 Å². The summed E-state index contributed by atoms with van der Waals surface area (Å²) in [5.74, 6) is 1.31. The highest BCUT2D eigenvalue weighted by Crippen LogP contribution is 2.38. The average molecular weight is 414 g/mol. The summed E-state index contributed by atoms with van der Waals surface area (Å²) < 4.78 is 35.4. The number of hydrogen-bond donors (Lipinski definition) is 0. The number of fused-ring (bicyclic) bond motifs is 2. The van der Waals surface area contributed by atoms with Crippen LogP contribution in [-0.2, 0) is 16.6 Å². The lowest BCUT2D eigenvalue weighted by molar-refractivity contribution is 0.110. The molecule has 1 saturated carbocycles. The molecule has 2 aromatic rings. The summed E-state index contributed by atoms with van der Waals surface area (Å²) in [4.78, 5) is 6.95. The van der Waals surface area contributed by atoms with E-state index < -0.39 is 10.0 Å². The van der Waals surface area contributed by atoms with Gasteiger partial charge in [-0.2, -0.15) is 4.31 Å². The van der Waals surface area contributed by atoms with Crippen molar-refractivity contribution in [3.05, 3.63) is 54.4 Å². The maximum atomic E-state index is 13.7. The van der Waals surface area contributed by atoms with E-state index >= 15 is 0 Å². The number of sulfonamides is 1. The summed E-state index contributed by atoms with van der Waals surface area (Å²) >= 11 is 0. The molecule has 6 nitrogen and oxygen atoms in total. The molecule has 5 rings (SSSR count). The summed E-state index contributed by atoms with van der Waals surface area (Å²) in [6.45, 7) is 3.32. The second-order valence-electron chi connectivity index (χ2n) is 8.40. The SMILES string of the molecule is O=S1(=O)c2ccccc2O[C@@H]2CCN(CC3CC3)CC[C@H]2N1Cc1cccnc1. The Bertz CT molecular complexity index is 962. The zero-order valence-electron chi connectivity index (χ0n) is 16.5. The maximum Gasteiger partial charge on any atom is 0.247 e. The van der Waals surface area contributed by atoms with E-state index in [1.165, 1.54) is 12.8 Å². The van der Waals surface area contributed by atoms with E-state index in [1.807, 2.05) is 18.2 Å². The fraction of sp³-hybridized carbons (Fsp3) is 0.500. The molecule has 2 aliphatic heterocycles. The lowest BCUT2D eigenvalue weighted by Crippen LogP contribution is -2.46. The molecule has 0 unspecified atom stereocenters. The third kappa shape index (κ3) is 3.91. The van der Waals surface area contributed by atoms with Gasteiger partial charge in [-0.25, -0.2) is 8.42 Å². The van der Waals surface area contributed by atoms with Gasteiger partial charge in [0.05, 0.1) is 6.04 Å². The van der Waals surface area contributed by atoms with Crippen molar-refractivity contribution in [2.24, 2.45) is 5.92 Å². The van der Waals surface area contributed by atoms with Gasteiger partial charge in [-0.15, -0.1) is 0 Å². The van der Waals surface area contributed by atoms with Crippen LogP contribution in [0.2, 0.25) is 0 Å². The highest BCUT2D eigenvalue weighted by molar-refractivity contribution is 7.89. The van der Waals surface area contributed by atoms with E-state index in [0.29, 0.717) is 12.3 Å². The number of para-hydroxylation sites is 1. The number of ether oxygens (including phenoxy) is 1. The normalized spacial score (nSPS) is 27.2. The third-order valence-corrected chi connectivity index (χ3v) is 8.17. The van der Waals surface area contributed by atoms with Gasteiger partial charge in [0.25, 0.3) is 0 Å². The number of likely N-dealkylation sites (tertiary alicyclic amines) is 1. The van der Waals surface area contributed by atoms with Crippen LogP contribution in [0.25, 0.3) is 0 Å². The molecule has 2 fully saturated rings. The Balaban J connectivity index is 1.51. The molecule has 3 aliphatic rings. The first-order valence-corrected chi connectivity index (χ1v) is 11.9. The predicted molar refractivity (Wildman–Crippen MR) is 110 cm³/mol. The summed E-state index contributed by atoms with van der Waals surface area (Å²) in [6.07, 6.45) is 7.59. The quantitative estimate of drug-likeness (QED) is 0.771. The fourth-order valence-corrected chi connectivity index (χ4v) is 6.32. The second kappa shape index (κ2) is 7.70. The van der Waals surface area contributed by atoms with Crippen LogP contribution in [0.15, 0.2) is 53.7 Å². The molecule has 1 aromatic heterocycles. The molecule has 1 aliphatic carbocycles. The standard InChI is InChI=1S/C22H27N3O3S/c26-29(27)22-6-2-1-5-21(22)28-20-10-13-24(15-17-7-8-17)12-9-19(20)25(29)16-18-4-3-11-23-14-18/h1-6,11,14,17,19-20H,7-10,12-13,15-16H2/t19-,20-/m1/s1. The lowest BCUT2D eigenvalue weighted by atomic mass is 10.1. The van der Waals surface area contributed by atoms with Crippen LogP contribution in [0.3, 0.4) is 0 Å². The van der Waals surface area contributed by atoms with E-state index in [9.17, 15) is 8.42 Å². The minimum atomic E-state index is -3.67. The minimum Gasteiger partial charge on any atom is -0.487 e. The maximum absolute atomic E-state index is 13.7. The molecule has 154 valence electrons. The van der Waals surface area contributed by atoms with E-state index in [-0.39, 0.29) is 17.0 Å². The van der Waals surface area contributed by atoms with Gasteiger partial charge >= 0.3 is 0 Å². The summed E-state index contributed by atoms with van der Waals surface area (Å²) in [5.41, 5.74) is 0.897. The van der Waals surface area contributed by atoms with E-state index in [2.05, 4.69) is 9.88 Å². The summed E-state index contributed by atoms with van der Waals surface area (Å²) in [5, 5.41) is 0. The molecule has 0 radical (unpaired) electrons. The largest absolute Gasteiger partial charge is 0.487 e. The summed E-state index contributed by atoms with van der Waals surface area (Å²) in [6, 6.07) is 10.7. The Kier molecular flexibility index (Phi) is 5.05. The minimum absolute atomic E-state index is 0.144. The van der Waals surface area contributed by atoms with Gasteiger partial charge < -0.3 is 9.64 Å². The van der Waals surface area contributed by atoms with Crippen LogP contribution in [0.5, 0.6) is 5.75 Å². The smallest absolute Gasteiger partial charge is 0.247 e. The Morgan fingerprint density at radius 3 is 2.66 bits per heavy atom. The van der Waals surface area contributed by atoms with Crippen molar-refractivity contribution in [1.29, 1.82) is 0 Å². The summed E-state index contributed by atoms with van der Waals surface area (Å²) in [7, 11) is -3.67. The van der Waals surface area contributed by atoms with Gasteiger partial charge in [0.2, 0.25) is 10.0 Å². The molecular formula is C22H27N3O3S. The molecular weight excluding hydrogens is 386 g/mol. The van der Waals surface area contributed by atoms with Crippen molar-refractivity contribution in [2.45, 2.75) is 49.3 Å². The zero-order chi connectivity index (χ0) is 19.8. The van der Waals surface area contributed by atoms with Crippen LogP contribution in [0.4, 0.5) is 0 Å². The molecule has 1 aromatic carbocycles. The van der Waals surface area contributed by atoms with Gasteiger partial charge in [0.15, 0.2) is 0 Å². The fourth-order valence-electron chi connectivity index (χ4n) is 4.53. The second-order valence-corrected chi connectivity index (χ2v) is 10.3. The Labute approximate surface area is 172 Å². The van der Waals surface area contributed by atoms with Crippen LogP contribution >= 0.6 is 0 Å². The molecule has 2 atom stereocenters. The highest BCUT2D eigenvalue weighted by atomic mass is 32.2. The van der Waals surface area contributed by atoms with Crippen molar-refractivity contribution >= 4 is 10.0 Å². The molecule has 3 heterocycles. The Morgan fingerprint density at radius 2 is 1.86 bits per heavy atom. The van der Waals surface area contributed by atoms with Crippen molar-refractivity contribution in [3.8, 4) is 5.75 Å². The van der Waals surface area contributed by atoms with Gasteiger partial charge in [0.1, 0.15) is 16.7 Å². The Morgan fingerprint density at radius 1 is 1.03 bits per heavy atom. The first-order chi connectivity index (χ1) is 14.1.